The largest absolute Gasteiger partial charge is 0.502 e. The number of carboxylic acid groups (broad SMARTS) is 1. The third-order valence-corrected chi connectivity index (χ3v) is 3.15. The van der Waals surface area contributed by atoms with Crippen LogP contribution in [0.25, 0.3) is 0 Å². The van der Waals surface area contributed by atoms with Crippen molar-refractivity contribution in [1.82, 2.24) is 4.90 Å². The molecule has 0 radical (unpaired) electrons. The van der Waals surface area contributed by atoms with Crippen LogP contribution in [0.15, 0.2) is 12.1 Å². The predicted octanol–water partition coefficient (Wildman–Crippen LogP) is 1.36. The van der Waals surface area contributed by atoms with Crippen LogP contribution in [-0.4, -0.2) is 55.4 Å². The molecule has 0 fully saturated rings. The van der Waals surface area contributed by atoms with Crippen molar-refractivity contribution in [1.29, 1.82) is 0 Å². The van der Waals surface area contributed by atoms with Crippen molar-refractivity contribution < 1.29 is 24.5 Å². The van der Waals surface area contributed by atoms with Crippen LogP contribution in [-0.2, 0) is 11.2 Å². The van der Waals surface area contributed by atoms with Gasteiger partial charge in [0.15, 0.2) is 11.5 Å². The number of hydrogen-bond donors (Lipinski definition) is 2. The van der Waals surface area contributed by atoms with Crippen LogP contribution >= 0.6 is 0 Å². The van der Waals surface area contributed by atoms with Gasteiger partial charge < -0.3 is 19.7 Å². The number of methoxy groups -OCH3 is 2. The molecule has 1 aromatic rings. The molecule has 2 N–H and O–H groups in total. The number of hydrogen-bond acceptors (Lipinski definition) is 5. The van der Waals surface area contributed by atoms with Crippen molar-refractivity contribution in [3.8, 4) is 17.2 Å². The summed E-state index contributed by atoms with van der Waals surface area (Å²) in [6.45, 7) is 0. The highest BCUT2D eigenvalue weighted by molar-refractivity contribution is 5.73. The van der Waals surface area contributed by atoms with E-state index in [1.807, 2.05) is 0 Å². The molecule has 6 heteroatoms. The van der Waals surface area contributed by atoms with E-state index >= 15 is 0 Å². The summed E-state index contributed by atoms with van der Waals surface area (Å²) in [5, 5.41) is 19.0. The van der Waals surface area contributed by atoms with E-state index < -0.39 is 12.0 Å². The first-order chi connectivity index (χ1) is 9.40. The van der Waals surface area contributed by atoms with Crippen molar-refractivity contribution >= 4 is 5.97 Å². The van der Waals surface area contributed by atoms with Crippen molar-refractivity contribution in [2.45, 2.75) is 18.9 Å². The molecule has 0 aliphatic rings. The van der Waals surface area contributed by atoms with Gasteiger partial charge in [0.25, 0.3) is 0 Å². The molecule has 0 aromatic heterocycles. The SMILES string of the molecule is COc1cc(CC[C@H](C(=O)O)N(C)C)cc(OC)c1O. The van der Waals surface area contributed by atoms with Gasteiger partial charge in [0.1, 0.15) is 6.04 Å². The van der Waals surface area contributed by atoms with Crippen molar-refractivity contribution in [2.24, 2.45) is 0 Å². The normalized spacial score (nSPS) is 12.2. The van der Waals surface area contributed by atoms with Gasteiger partial charge in [0, 0.05) is 0 Å². The van der Waals surface area contributed by atoms with Crippen molar-refractivity contribution in [2.75, 3.05) is 28.3 Å². The average Bonchev–Trinajstić information content (AvgIpc) is 2.39. The van der Waals surface area contributed by atoms with Gasteiger partial charge in [-0.3, -0.25) is 9.69 Å². The number of carboxylic acids is 1. The van der Waals surface area contributed by atoms with E-state index in [-0.39, 0.29) is 5.75 Å². The van der Waals surface area contributed by atoms with E-state index in [4.69, 9.17) is 14.6 Å². The van der Waals surface area contributed by atoms with Gasteiger partial charge in [0.05, 0.1) is 14.2 Å². The minimum absolute atomic E-state index is 0.0545. The lowest BCUT2D eigenvalue weighted by atomic mass is 10.0. The number of rotatable bonds is 7. The van der Waals surface area contributed by atoms with Crippen LogP contribution in [0.4, 0.5) is 0 Å². The van der Waals surface area contributed by atoms with Crippen LogP contribution in [0.5, 0.6) is 17.2 Å². The quantitative estimate of drug-likeness (QED) is 0.786. The molecule has 0 bridgehead atoms. The molecule has 0 aliphatic heterocycles. The molecule has 6 nitrogen and oxygen atoms in total. The number of phenols is 1. The van der Waals surface area contributed by atoms with Gasteiger partial charge in [-0.1, -0.05) is 0 Å². The van der Waals surface area contributed by atoms with Gasteiger partial charge in [-0.05, 0) is 44.6 Å². The maximum absolute atomic E-state index is 11.1. The topological polar surface area (TPSA) is 79.2 Å². The van der Waals surface area contributed by atoms with E-state index in [2.05, 4.69) is 0 Å². The zero-order chi connectivity index (χ0) is 15.3. The van der Waals surface area contributed by atoms with E-state index in [1.165, 1.54) is 14.2 Å². The fourth-order valence-electron chi connectivity index (χ4n) is 2.00. The van der Waals surface area contributed by atoms with E-state index in [0.29, 0.717) is 24.3 Å². The summed E-state index contributed by atoms with van der Waals surface area (Å²) in [4.78, 5) is 12.8. The van der Waals surface area contributed by atoms with Crippen LogP contribution < -0.4 is 9.47 Å². The number of nitrogens with zero attached hydrogens (tertiary/aromatic N) is 1. The molecule has 1 rings (SSSR count). The molecular weight excluding hydrogens is 262 g/mol. The number of ether oxygens (including phenoxy) is 2. The minimum atomic E-state index is -0.854. The van der Waals surface area contributed by atoms with Crippen molar-refractivity contribution in [3.63, 3.8) is 0 Å². The van der Waals surface area contributed by atoms with Crippen molar-refractivity contribution in [3.05, 3.63) is 17.7 Å². The Labute approximate surface area is 118 Å². The standard InChI is InChI=1S/C14H21NO5/c1-15(2)10(14(17)18)6-5-9-7-11(19-3)13(16)12(8-9)20-4/h7-8,10,16H,5-6H2,1-4H3,(H,17,18)/t10-/m1/s1. The summed E-state index contributed by atoms with van der Waals surface area (Å²) < 4.78 is 10.1. The molecule has 1 aromatic carbocycles. The first-order valence-electron chi connectivity index (χ1n) is 6.23. The Kier molecular flexibility index (Phi) is 5.64. The third kappa shape index (κ3) is 3.77. The molecule has 20 heavy (non-hydrogen) atoms. The molecule has 0 unspecified atom stereocenters. The van der Waals surface area contributed by atoms with E-state index in [0.717, 1.165) is 5.56 Å². The lowest BCUT2D eigenvalue weighted by Crippen LogP contribution is -2.35. The van der Waals surface area contributed by atoms with Gasteiger partial charge in [-0.25, -0.2) is 0 Å². The van der Waals surface area contributed by atoms with Crippen LogP contribution in [0.2, 0.25) is 0 Å². The molecule has 0 heterocycles. The fourth-order valence-corrected chi connectivity index (χ4v) is 2.00. The number of aromatic hydroxyl groups is 1. The second kappa shape index (κ2) is 7.00. The van der Waals surface area contributed by atoms with Gasteiger partial charge in [-0.2, -0.15) is 0 Å². The molecule has 112 valence electrons. The van der Waals surface area contributed by atoms with Crippen LogP contribution in [0, 0.1) is 0 Å². The second-order valence-electron chi connectivity index (χ2n) is 4.71. The second-order valence-corrected chi connectivity index (χ2v) is 4.71. The summed E-state index contributed by atoms with van der Waals surface area (Å²) in [5.74, 6) is -0.277. The van der Waals surface area contributed by atoms with Gasteiger partial charge in [0.2, 0.25) is 5.75 Å². The first-order valence-corrected chi connectivity index (χ1v) is 6.23. The Balaban J connectivity index is 2.90. The number of aryl methyl sites for hydroxylation is 1. The number of aliphatic carboxylic acids is 1. The third-order valence-electron chi connectivity index (χ3n) is 3.15. The molecule has 0 saturated heterocycles. The smallest absolute Gasteiger partial charge is 0.320 e. The Morgan fingerprint density at radius 1 is 1.25 bits per heavy atom. The Bertz CT molecular complexity index is 448. The zero-order valence-corrected chi connectivity index (χ0v) is 12.2. The van der Waals surface area contributed by atoms with E-state index in [9.17, 15) is 9.90 Å². The maximum Gasteiger partial charge on any atom is 0.320 e. The van der Waals surface area contributed by atoms with Crippen LogP contribution in [0.1, 0.15) is 12.0 Å². The molecule has 0 spiro atoms. The maximum atomic E-state index is 11.1. The Morgan fingerprint density at radius 3 is 2.10 bits per heavy atom. The summed E-state index contributed by atoms with van der Waals surface area (Å²) in [5.41, 5.74) is 0.851. The van der Waals surface area contributed by atoms with Gasteiger partial charge in [-0.15, -0.1) is 0 Å². The first kappa shape index (κ1) is 16.1. The van der Waals surface area contributed by atoms with Gasteiger partial charge >= 0.3 is 5.97 Å². The number of phenolic OH excluding ortho intramolecular Hbond substituents is 1. The monoisotopic (exact) mass is 283 g/mol. The molecule has 0 amide bonds. The fraction of sp³-hybridized carbons (Fsp3) is 0.500. The lowest BCUT2D eigenvalue weighted by molar-refractivity contribution is -0.142. The number of benzene rings is 1. The highest BCUT2D eigenvalue weighted by Gasteiger charge is 2.20. The molecular formula is C14H21NO5. The van der Waals surface area contributed by atoms with E-state index in [1.54, 1.807) is 31.1 Å². The Morgan fingerprint density at radius 2 is 1.75 bits per heavy atom. The minimum Gasteiger partial charge on any atom is -0.502 e. The summed E-state index contributed by atoms with van der Waals surface area (Å²) >= 11 is 0. The Hall–Kier alpha value is -1.95. The summed E-state index contributed by atoms with van der Waals surface area (Å²) in [6.07, 6.45) is 1.00. The molecule has 1 atom stereocenters. The zero-order valence-electron chi connectivity index (χ0n) is 12.2. The number of carbonyl (C=O) groups is 1. The summed E-state index contributed by atoms with van der Waals surface area (Å²) in [6, 6.07) is 2.82. The lowest BCUT2D eigenvalue weighted by Gasteiger charge is -2.20. The average molecular weight is 283 g/mol. The number of likely N-dealkylation sites (N-methyl/N-ethyl adjacent to an activating group) is 1. The molecule has 0 saturated carbocycles. The predicted molar refractivity (Wildman–Crippen MR) is 74.6 cm³/mol. The highest BCUT2D eigenvalue weighted by atomic mass is 16.5. The molecule has 0 aliphatic carbocycles. The summed E-state index contributed by atoms with van der Waals surface area (Å²) in [7, 11) is 6.38. The highest BCUT2D eigenvalue weighted by Crippen LogP contribution is 2.37. The van der Waals surface area contributed by atoms with Crippen LogP contribution in [0.3, 0.4) is 0 Å².